The molecule has 0 saturated carbocycles. The number of carbonyl (C=O) groups is 1. The Labute approximate surface area is 184 Å². The van der Waals surface area contributed by atoms with Gasteiger partial charge in [-0.05, 0) is 52.0 Å². The monoisotopic (exact) mass is 434 g/mol. The van der Waals surface area contributed by atoms with E-state index in [4.69, 9.17) is 9.72 Å². The molecule has 0 aliphatic carbocycles. The van der Waals surface area contributed by atoms with Crippen LogP contribution in [-0.2, 0) is 11.8 Å². The summed E-state index contributed by atoms with van der Waals surface area (Å²) in [4.78, 5) is 26.6. The van der Waals surface area contributed by atoms with Gasteiger partial charge in [0.15, 0.2) is 5.82 Å². The van der Waals surface area contributed by atoms with Crippen molar-refractivity contribution in [1.82, 2.24) is 19.5 Å². The van der Waals surface area contributed by atoms with Gasteiger partial charge in [0.1, 0.15) is 22.6 Å². The minimum atomic E-state index is -0.659. The molecule has 0 aliphatic heterocycles. The van der Waals surface area contributed by atoms with Crippen molar-refractivity contribution in [2.45, 2.75) is 33.3 Å². The van der Waals surface area contributed by atoms with Crippen molar-refractivity contribution in [2.24, 2.45) is 7.05 Å². The number of H-pyrrole nitrogens is 1. The summed E-state index contributed by atoms with van der Waals surface area (Å²) in [6, 6.07) is 8.04. The normalized spacial score (nSPS) is 11.7. The highest BCUT2D eigenvalue weighted by molar-refractivity contribution is 6.09. The van der Waals surface area contributed by atoms with Crippen LogP contribution in [0.2, 0.25) is 0 Å². The highest BCUT2D eigenvalue weighted by atomic mass is 19.1. The maximum atomic E-state index is 14.1. The maximum absolute atomic E-state index is 14.1. The summed E-state index contributed by atoms with van der Waals surface area (Å²) in [5, 5.41) is 9.98. The van der Waals surface area contributed by atoms with Crippen LogP contribution in [0, 0.1) is 17.1 Å². The molecule has 8 nitrogen and oxygen atoms in total. The third kappa shape index (κ3) is 3.64. The minimum Gasteiger partial charge on any atom is -0.443 e. The van der Waals surface area contributed by atoms with Crippen LogP contribution in [-0.4, -0.2) is 37.8 Å². The van der Waals surface area contributed by atoms with E-state index in [-0.39, 0.29) is 5.56 Å². The van der Waals surface area contributed by atoms with Gasteiger partial charge in [-0.2, -0.15) is 5.26 Å². The lowest BCUT2D eigenvalue weighted by atomic mass is 10.1. The van der Waals surface area contributed by atoms with Crippen molar-refractivity contribution in [3.05, 3.63) is 42.0 Å². The summed E-state index contributed by atoms with van der Waals surface area (Å²) in [7, 11) is 1.80. The van der Waals surface area contributed by atoms with Crippen molar-refractivity contribution in [3.63, 3.8) is 0 Å². The number of hydrogen-bond donors (Lipinski definition) is 1. The molecule has 0 bridgehead atoms. The molecule has 1 amide bonds. The van der Waals surface area contributed by atoms with Gasteiger partial charge in [-0.1, -0.05) is 0 Å². The van der Waals surface area contributed by atoms with E-state index in [1.165, 1.54) is 17.0 Å². The van der Waals surface area contributed by atoms with Crippen molar-refractivity contribution >= 4 is 34.0 Å². The van der Waals surface area contributed by atoms with E-state index in [0.29, 0.717) is 40.3 Å². The molecule has 1 aromatic carbocycles. The Hall–Kier alpha value is -3.93. The molecule has 3 heterocycles. The van der Waals surface area contributed by atoms with Crippen molar-refractivity contribution in [1.29, 1.82) is 5.26 Å². The summed E-state index contributed by atoms with van der Waals surface area (Å²) in [5.41, 5.74) is 2.61. The number of aromatic nitrogens is 4. The predicted molar refractivity (Wildman–Crippen MR) is 120 cm³/mol. The van der Waals surface area contributed by atoms with Gasteiger partial charge in [0.25, 0.3) is 0 Å². The molecule has 0 radical (unpaired) electrons. The van der Waals surface area contributed by atoms with E-state index in [9.17, 15) is 14.4 Å². The molecule has 1 N–H and O–H groups in total. The molecular formula is C23H23FN6O2. The number of nitrogens with zero attached hydrogens (tertiary/aromatic N) is 5. The number of nitrogens with one attached hydrogen (secondary N) is 1. The first-order valence-corrected chi connectivity index (χ1v) is 10.2. The van der Waals surface area contributed by atoms with Gasteiger partial charge in [-0.25, -0.2) is 19.2 Å². The highest BCUT2D eigenvalue weighted by Crippen LogP contribution is 2.35. The molecule has 4 aromatic rings. The van der Waals surface area contributed by atoms with E-state index in [1.54, 1.807) is 44.8 Å². The Bertz CT molecular complexity index is 1390. The Morgan fingerprint density at radius 2 is 2.06 bits per heavy atom. The van der Waals surface area contributed by atoms with Crippen LogP contribution in [0.1, 0.15) is 33.3 Å². The van der Waals surface area contributed by atoms with E-state index < -0.39 is 17.5 Å². The maximum Gasteiger partial charge on any atom is 0.416 e. The minimum absolute atomic E-state index is 0.229. The van der Waals surface area contributed by atoms with Crippen LogP contribution >= 0.6 is 0 Å². The number of aromatic amines is 1. The third-order valence-electron chi connectivity index (χ3n) is 5.04. The van der Waals surface area contributed by atoms with Crippen molar-refractivity contribution in [2.75, 3.05) is 11.4 Å². The number of rotatable bonds is 3. The number of aryl methyl sites for hydroxylation is 1. The molecule has 0 fully saturated rings. The quantitative estimate of drug-likeness (QED) is 0.495. The Morgan fingerprint density at radius 1 is 1.31 bits per heavy atom. The zero-order chi connectivity index (χ0) is 23.2. The molecule has 3 aromatic heterocycles. The molecule has 0 saturated heterocycles. The summed E-state index contributed by atoms with van der Waals surface area (Å²) in [6.07, 6.45) is 1.02. The van der Waals surface area contributed by atoms with Gasteiger partial charge < -0.3 is 14.3 Å². The summed E-state index contributed by atoms with van der Waals surface area (Å²) < 4.78 is 21.4. The Morgan fingerprint density at radius 3 is 2.72 bits per heavy atom. The van der Waals surface area contributed by atoms with Crippen LogP contribution in [0.3, 0.4) is 0 Å². The molecular weight excluding hydrogens is 411 g/mol. The lowest BCUT2D eigenvalue weighted by molar-refractivity contribution is 0.0581. The van der Waals surface area contributed by atoms with Gasteiger partial charge in [-0.15, -0.1) is 0 Å². The van der Waals surface area contributed by atoms with Crippen molar-refractivity contribution < 1.29 is 13.9 Å². The summed E-state index contributed by atoms with van der Waals surface area (Å²) >= 11 is 0. The number of pyridine rings is 1. The number of carbonyl (C=O) groups excluding carboxylic acids is 1. The topological polar surface area (TPSA) is 99.8 Å². The van der Waals surface area contributed by atoms with Crippen LogP contribution in [0.25, 0.3) is 33.3 Å². The molecule has 9 heteroatoms. The van der Waals surface area contributed by atoms with E-state index in [2.05, 4.69) is 9.97 Å². The fraction of sp³-hybridized carbons (Fsp3) is 0.304. The number of nitriles is 1. The fourth-order valence-corrected chi connectivity index (χ4v) is 3.68. The SMILES string of the molecule is CCN(C(=O)OC(C)(C)C)c1nc2c(cc(-c3cc(F)cc(C#N)c3)n2C)c2[nH]cnc12. The molecule has 4 rings (SSSR count). The van der Waals surface area contributed by atoms with Crippen LogP contribution < -0.4 is 4.90 Å². The fourth-order valence-electron chi connectivity index (χ4n) is 3.68. The zero-order valence-corrected chi connectivity index (χ0v) is 18.5. The van der Waals surface area contributed by atoms with Gasteiger partial charge in [0.05, 0.1) is 29.2 Å². The van der Waals surface area contributed by atoms with Gasteiger partial charge >= 0.3 is 6.09 Å². The second-order valence-corrected chi connectivity index (χ2v) is 8.45. The molecule has 0 spiro atoms. The van der Waals surface area contributed by atoms with E-state index in [1.807, 2.05) is 19.1 Å². The molecule has 0 aliphatic rings. The lowest BCUT2D eigenvalue weighted by Crippen LogP contribution is -2.37. The first-order chi connectivity index (χ1) is 15.1. The number of fused-ring (bicyclic) bond motifs is 3. The number of imidazole rings is 1. The smallest absolute Gasteiger partial charge is 0.416 e. The third-order valence-corrected chi connectivity index (χ3v) is 5.04. The number of anilines is 1. The van der Waals surface area contributed by atoms with Gasteiger partial charge in [-0.3, -0.25) is 4.90 Å². The first kappa shape index (κ1) is 21.3. The first-order valence-electron chi connectivity index (χ1n) is 10.2. The highest BCUT2D eigenvalue weighted by Gasteiger charge is 2.27. The second kappa shape index (κ2) is 7.64. The van der Waals surface area contributed by atoms with Crippen LogP contribution in [0.15, 0.2) is 30.6 Å². The van der Waals surface area contributed by atoms with Crippen LogP contribution in [0.5, 0.6) is 0 Å². The number of ether oxygens (including phenoxy) is 1. The number of hydrogen-bond acceptors (Lipinski definition) is 5. The Balaban J connectivity index is 1.94. The zero-order valence-electron chi connectivity index (χ0n) is 18.5. The average molecular weight is 434 g/mol. The number of halogens is 1. The Kier molecular flexibility index (Phi) is 5.09. The molecule has 32 heavy (non-hydrogen) atoms. The average Bonchev–Trinajstić information content (AvgIpc) is 3.32. The van der Waals surface area contributed by atoms with Gasteiger partial charge in [0.2, 0.25) is 0 Å². The molecule has 0 unspecified atom stereocenters. The van der Waals surface area contributed by atoms with E-state index in [0.717, 1.165) is 5.39 Å². The molecule has 164 valence electrons. The number of benzene rings is 1. The van der Waals surface area contributed by atoms with E-state index >= 15 is 0 Å². The standard InChI is InChI=1S/C23H23FN6O2/c1-6-30(22(31)32-23(2,3)4)21-19-18(26-12-27-19)16-10-17(29(5)20(16)28-21)14-7-13(11-25)8-15(24)9-14/h7-10,12H,6H2,1-5H3,(H,26,27). The van der Waals surface area contributed by atoms with Crippen molar-refractivity contribution in [3.8, 4) is 17.3 Å². The van der Waals surface area contributed by atoms with Crippen LogP contribution in [0.4, 0.5) is 15.0 Å². The molecule has 0 atom stereocenters. The largest absolute Gasteiger partial charge is 0.443 e. The summed E-state index contributed by atoms with van der Waals surface area (Å²) in [6.45, 7) is 7.58. The summed E-state index contributed by atoms with van der Waals surface area (Å²) in [5.74, 6) is -0.123. The van der Waals surface area contributed by atoms with Gasteiger partial charge in [0, 0.05) is 24.5 Å². The second-order valence-electron chi connectivity index (χ2n) is 8.45. The lowest BCUT2D eigenvalue weighted by Gasteiger charge is -2.26. The predicted octanol–water partition coefficient (Wildman–Crippen LogP) is 4.89. The number of amides is 1.